The van der Waals surface area contributed by atoms with E-state index >= 15 is 0 Å². The number of halogens is 1. The molecule has 1 aliphatic heterocycles. The predicted octanol–water partition coefficient (Wildman–Crippen LogP) is 3.51. The monoisotopic (exact) mass is 421 g/mol. The van der Waals surface area contributed by atoms with Crippen LogP contribution in [0.5, 0.6) is 0 Å². The molecular weight excluding hydrogens is 398 g/mol. The third-order valence-corrected chi connectivity index (χ3v) is 5.15. The fraction of sp³-hybridized carbons (Fsp3) is 0.526. The Balaban J connectivity index is 1.96. The van der Waals surface area contributed by atoms with Crippen LogP contribution in [0.4, 0.5) is 4.79 Å². The molecule has 1 fully saturated rings. The number of fused-ring (bicyclic) bond motifs is 1. The van der Waals surface area contributed by atoms with Crippen molar-refractivity contribution in [3.05, 3.63) is 38.3 Å². The van der Waals surface area contributed by atoms with E-state index in [1.165, 1.54) is 0 Å². The van der Waals surface area contributed by atoms with E-state index in [1.807, 2.05) is 46.8 Å². The van der Waals surface area contributed by atoms with E-state index in [2.05, 4.69) is 15.9 Å². The van der Waals surface area contributed by atoms with Crippen molar-refractivity contribution in [1.82, 2.24) is 14.5 Å². The number of carbonyl (C=O) groups is 1. The molecule has 2 aromatic rings. The molecule has 6 nitrogen and oxygen atoms in total. The molecule has 0 atom stereocenters. The molecule has 0 aliphatic carbocycles. The lowest BCUT2D eigenvalue weighted by Crippen LogP contribution is -2.62. The van der Waals surface area contributed by atoms with Crippen molar-refractivity contribution >= 4 is 32.9 Å². The summed E-state index contributed by atoms with van der Waals surface area (Å²) < 4.78 is 7.82. The van der Waals surface area contributed by atoms with Crippen molar-refractivity contribution < 1.29 is 9.53 Å². The van der Waals surface area contributed by atoms with Gasteiger partial charge in [-0.1, -0.05) is 0 Å². The summed E-state index contributed by atoms with van der Waals surface area (Å²) in [7, 11) is 1.74. The summed E-state index contributed by atoms with van der Waals surface area (Å²) in [5.41, 5.74) is 0.669. The van der Waals surface area contributed by atoms with Crippen LogP contribution in [0.1, 0.15) is 39.1 Å². The summed E-state index contributed by atoms with van der Waals surface area (Å²) in [5.74, 6) is 0.680. The average Bonchev–Trinajstić information content (AvgIpc) is 2.46. The molecule has 1 aromatic heterocycles. The number of likely N-dealkylation sites (tertiary alicyclic amines) is 1. The van der Waals surface area contributed by atoms with Gasteiger partial charge in [0.2, 0.25) is 0 Å². The number of aryl methyl sites for hydroxylation is 1. The minimum atomic E-state index is -0.528. The van der Waals surface area contributed by atoms with Crippen LogP contribution < -0.4 is 5.56 Å². The van der Waals surface area contributed by atoms with Gasteiger partial charge in [0.05, 0.1) is 16.3 Å². The summed E-state index contributed by atoms with van der Waals surface area (Å²) in [4.78, 5) is 31.5. The molecule has 1 saturated heterocycles. The molecule has 26 heavy (non-hydrogen) atoms. The first-order valence-corrected chi connectivity index (χ1v) is 9.36. The van der Waals surface area contributed by atoms with Crippen LogP contribution in [-0.4, -0.2) is 39.2 Å². The number of benzene rings is 1. The van der Waals surface area contributed by atoms with Gasteiger partial charge in [-0.05, 0) is 68.2 Å². The van der Waals surface area contributed by atoms with Crippen LogP contribution >= 0.6 is 15.9 Å². The third-order valence-electron chi connectivity index (χ3n) is 4.55. The average molecular weight is 422 g/mol. The van der Waals surface area contributed by atoms with Gasteiger partial charge in [-0.2, -0.15) is 0 Å². The van der Waals surface area contributed by atoms with Crippen LogP contribution in [-0.2, 0) is 17.2 Å². The summed E-state index contributed by atoms with van der Waals surface area (Å²) in [5, 5.41) is 0.593. The van der Waals surface area contributed by atoms with Crippen LogP contribution in [0.15, 0.2) is 21.4 Å². The highest BCUT2D eigenvalue weighted by atomic mass is 79.9. The second-order valence-electron chi connectivity index (χ2n) is 8.34. The minimum Gasteiger partial charge on any atom is -0.444 e. The normalized spacial score (nSPS) is 16.5. The smallest absolute Gasteiger partial charge is 0.410 e. The van der Waals surface area contributed by atoms with Crippen molar-refractivity contribution in [1.29, 1.82) is 0 Å². The Morgan fingerprint density at radius 2 is 1.92 bits per heavy atom. The zero-order valence-electron chi connectivity index (χ0n) is 16.0. The van der Waals surface area contributed by atoms with Gasteiger partial charge < -0.3 is 9.64 Å². The van der Waals surface area contributed by atoms with Gasteiger partial charge in [0.15, 0.2) is 0 Å². The van der Waals surface area contributed by atoms with Crippen molar-refractivity contribution in [3.63, 3.8) is 0 Å². The van der Waals surface area contributed by atoms with Crippen molar-refractivity contribution in [2.24, 2.45) is 7.05 Å². The Morgan fingerprint density at radius 3 is 2.50 bits per heavy atom. The lowest BCUT2D eigenvalue weighted by Gasteiger charge is -2.47. The Labute approximate surface area is 161 Å². The maximum Gasteiger partial charge on any atom is 0.410 e. The highest BCUT2D eigenvalue weighted by Crippen LogP contribution is 2.34. The van der Waals surface area contributed by atoms with Gasteiger partial charge in [-0.25, -0.2) is 9.78 Å². The molecule has 2 heterocycles. The molecule has 0 unspecified atom stereocenters. The van der Waals surface area contributed by atoms with E-state index in [1.54, 1.807) is 16.5 Å². The lowest BCUT2D eigenvalue weighted by molar-refractivity contribution is -0.00865. The quantitative estimate of drug-likeness (QED) is 0.706. The van der Waals surface area contributed by atoms with E-state index < -0.39 is 5.60 Å². The highest BCUT2D eigenvalue weighted by molar-refractivity contribution is 9.10. The molecule has 0 saturated carbocycles. The number of rotatable bonds is 1. The summed E-state index contributed by atoms with van der Waals surface area (Å²) in [6.45, 7) is 10.4. The van der Waals surface area contributed by atoms with Crippen molar-refractivity contribution in [2.45, 2.75) is 45.6 Å². The number of nitrogens with zero attached hydrogens (tertiary/aromatic N) is 3. The molecule has 0 spiro atoms. The third kappa shape index (κ3) is 3.24. The first-order valence-electron chi connectivity index (χ1n) is 8.56. The number of carbonyl (C=O) groups excluding carboxylic acids is 1. The Kier molecular flexibility index (Phi) is 4.42. The summed E-state index contributed by atoms with van der Waals surface area (Å²) >= 11 is 3.52. The van der Waals surface area contributed by atoms with Gasteiger partial charge >= 0.3 is 6.09 Å². The fourth-order valence-corrected chi connectivity index (χ4v) is 4.07. The molecule has 1 aromatic carbocycles. The maximum absolute atomic E-state index is 12.8. The van der Waals surface area contributed by atoms with Crippen LogP contribution in [0.25, 0.3) is 10.9 Å². The van der Waals surface area contributed by atoms with E-state index in [0.717, 1.165) is 10.0 Å². The Hall–Kier alpha value is -1.89. The van der Waals surface area contributed by atoms with Gasteiger partial charge in [0, 0.05) is 24.6 Å². The summed E-state index contributed by atoms with van der Waals surface area (Å²) in [6.07, 6.45) is -0.336. The van der Waals surface area contributed by atoms with E-state index in [4.69, 9.17) is 9.72 Å². The van der Waals surface area contributed by atoms with E-state index in [-0.39, 0.29) is 17.1 Å². The maximum atomic E-state index is 12.8. The molecule has 1 amide bonds. The van der Waals surface area contributed by atoms with Crippen LogP contribution in [0.2, 0.25) is 0 Å². The van der Waals surface area contributed by atoms with Gasteiger partial charge in [0.1, 0.15) is 11.4 Å². The first kappa shape index (κ1) is 18.9. The number of hydrogen-bond donors (Lipinski definition) is 0. The van der Waals surface area contributed by atoms with Gasteiger partial charge in [0.25, 0.3) is 5.56 Å². The molecule has 0 bridgehead atoms. The van der Waals surface area contributed by atoms with Gasteiger partial charge in [-0.3, -0.25) is 9.36 Å². The van der Waals surface area contributed by atoms with Gasteiger partial charge in [-0.15, -0.1) is 0 Å². The molecular formula is C19H24BrN3O3. The number of amides is 1. The fourth-order valence-electron chi connectivity index (χ4n) is 3.40. The number of aromatic nitrogens is 2. The second-order valence-corrected chi connectivity index (χ2v) is 9.19. The van der Waals surface area contributed by atoms with Crippen molar-refractivity contribution in [2.75, 3.05) is 13.1 Å². The second kappa shape index (κ2) is 6.08. The van der Waals surface area contributed by atoms with Crippen LogP contribution in [0, 0.1) is 6.92 Å². The molecule has 1 aliphatic rings. The van der Waals surface area contributed by atoms with Crippen LogP contribution in [0.3, 0.4) is 0 Å². The SMILES string of the molecule is Cc1cc(Br)c2nc(C3(C)CN(C(=O)OC(C)(C)C)C3)n(C)c(=O)c2c1. The zero-order valence-corrected chi connectivity index (χ0v) is 17.6. The standard InChI is InChI=1S/C19H24BrN3O3/c1-11-7-12-14(13(20)8-11)21-16(22(6)15(12)24)19(5)9-23(10-19)17(25)26-18(2,3)4/h7-8H,9-10H2,1-6H3. The molecule has 140 valence electrons. The zero-order chi connectivity index (χ0) is 19.4. The van der Waals surface area contributed by atoms with Crippen molar-refractivity contribution in [3.8, 4) is 0 Å². The first-order chi connectivity index (χ1) is 11.9. The number of hydrogen-bond acceptors (Lipinski definition) is 4. The highest BCUT2D eigenvalue weighted by Gasteiger charge is 2.47. The number of ether oxygens (including phenoxy) is 1. The lowest BCUT2D eigenvalue weighted by atomic mass is 9.81. The molecule has 7 heteroatoms. The Morgan fingerprint density at radius 1 is 1.31 bits per heavy atom. The van der Waals surface area contributed by atoms with E-state index in [9.17, 15) is 9.59 Å². The topological polar surface area (TPSA) is 64.4 Å². The predicted molar refractivity (Wildman–Crippen MR) is 105 cm³/mol. The molecule has 0 N–H and O–H groups in total. The minimum absolute atomic E-state index is 0.0775. The Bertz CT molecular complexity index is 953. The van der Waals surface area contributed by atoms with E-state index in [0.29, 0.717) is 29.8 Å². The molecule has 3 rings (SSSR count). The largest absolute Gasteiger partial charge is 0.444 e. The summed E-state index contributed by atoms with van der Waals surface area (Å²) in [6, 6.07) is 3.81. The molecule has 0 radical (unpaired) electrons.